The van der Waals surface area contributed by atoms with Crippen molar-refractivity contribution < 1.29 is 5.11 Å². The average molecular weight is 294 g/mol. The average Bonchev–Trinajstić information content (AvgIpc) is 3.09. The Kier molecular flexibility index (Phi) is 4.74. The smallest absolute Gasteiger partial charge is 0.0959 e. The lowest BCUT2D eigenvalue weighted by Gasteiger charge is -2.32. The van der Waals surface area contributed by atoms with Crippen LogP contribution in [0.3, 0.4) is 0 Å². The molecule has 0 aliphatic heterocycles. The molecule has 0 aromatic carbocycles. The van der Waals surface area contributed by atoms with Crippen molar-refractivity contribution in [3.05, 3.63) is 16.1 Å². The molecule has 0 unspecified atom stereocenters. The van der Waals surface area contributed by atoms with E-state index in [1.807, 2.05) is 17.5 Å². The van der Waals surface area contributed by atoms with E-state index >= 15 is 0 Å². The Bertz CT molecular complexity index is 420. The molecule has 1 heterocycles. The van der Waals surface area contributed by atoms with Crippen molar-refractivity contribution in [2.24, 2.45) is 0 Å². The molecular formula is C16H26N2OS. The highest BCUT2D eigenvalue weighted by atomic mass is 32.1. The highest BCUT2D eigenvalue weighted by Crippen LogP contribution is 2.36. The summed E-state index contributed by atoms with van der Waals surface area (Å²) in [6, 6.07) is 0. The molecule has 0 atom stereocenters. The topological polar surface area (TPSA) is 45.1 Å². The van der Waals surface area contributed by atoms with Crippen LogP contribution in [0, 0.1) is 0 Å². The van der Waals surface area contributed by atoms with Gasteiger partial charge in [-0.3, -0.25) is 0 Å². The maximum absolute atomic E-state index is 10.5. The Labute approximate surface area is 125 Å². The summed E-state index contributed by atoms with van der Waals surface area (Å²) < 4.78 is 0. The monoisotopic (exact) mass is 294 g/mol. The quantitative estimate of drug-likeness (QED) is 0.872. The van der Waals surface area contributed by atoms with Gasteiger partial charge >= 0.3 is 0 Å². The third-order valence-electron chi connectivity index (χ3n) is 4.81. The van der Waals surface area contributed by atoms with E-state index in [4.69, 9.17) is 0 Å². The molecule has 112 valence electrons. The fraction of sp³-hybridized carbons (Fsp3) is 0.812. The van der Waals surface area contributed by atoms with Gasteiger partial charge in [-0.15, -0.1) is 11.3 Å². The summed E-state index contributed by atoms with van der Waals surface area (Å²) in [5.74, 6) is 0.719. The van der Waals surface area contributed by atoms with E-state index in [0.29, 0.717) is 0 Å². The zero-order valence-corrected chi connectivity index (χ0v) is 13.1. The molecule has 0 amide bonds. The van der Waals surface area contributed by atoms with Gasteiger partial charge in [0.1, 0.15) is 0 Å². The van der Waals surface area contributed by atoms with Crippen LogP contribution >= 0.6 is 11.3 Å². The lowest BCUT2D eigenvalue weighted by Crippen LogP contribution is -2.41. The van der Waals surface area contributed by atoms with Gasteiger partial charge in [0.15, 0.2) is 0 Å². The molecule has 3 nitrogen and oxygen atoms in total. The van der Waals surface area contributed by atoms with Crippen molar-refractivity contribution in [1.82, 2.24) is 10.3 Å². The van der Waals surface area contributed by atoms with Gasteiger partial charge in [0.05, 0.1) is 10.6 Å². The number of thiazole rings is 1. The van der Waals surface area contributed by atoms with Crippen LogP contribution in [-0.4, -0.2) is 22.2 Å². The van der Waals surface area contributed by atoms with Gasteiger partial charge in [0.25, 0.3) is 0 Å². The minimum Gasteiger partial charge on any atom is -0.389 e. The van der Waals surface area contributed by atoms with E-state index in [1.54, 1.807) is 0 Å². The van der Waals surface area contributed by atoms with Gasteiger partial charge in [-0.1, -0.05) is 32.1 Å². The van der Waals surface area contributed by atoms with Gasteiger partial charge in [-0.05, 0) is 25.7 Å². The van der Waals surface area contributed by atoms with Gasteiger partial charge in [-0.2, -0.15) is 0 Å². The van der Waals surface area contributed by atoms with Crippen LogP contribution in [0.25, 0.3) is 0 Å². The van der Waals surface area contributed by atoms with E-state index in [0.717, 1.165) is 31.8 Å². The number of aromatic nitrogens is 1. The molecule has 2 saturated carbocycles. The summed E-state index contributed by atoms with van der Waals surface area (Å²) in [4.78, 5) is 5.91. The number of aliphatic hydroxyl groups is 1. The second-order valence-electron chi connectivity index (χ2n) is 6.53. The van der Waals surface area contributed by atoms with Gasteiger partial charge in [0.2, 0.25) is 0 Å². The van der Waals surface area contributed by atoms with Crippen molar-refractivity contribution in [3.63, 3.8) is 0 Å². The Morgan fingerprint density at radius 3 is 2.70 bits per heavy atom. The van der Waals surface area contributed by atoms with E-state index in [-0.39, 0.29) is 0 Å². The summed E-state index contributed by atoms with van der Waals surface area (Å²) in [7, 11) is 0. The van der Waals surface area contributed by atoms with Crippen LogP contribution in [0.2, 0.25) is 0 Å². The fourth-order valence-corrected chi connectivity index (χ4v) is 4.63. The van der Waals surface area contributed by atoms with Gasteiger partial charge in [0, 0.05) is 30.1 Å². The van der Waals surface area contributed by atoms with Crippen LogP contribution in [-0.2, 0) is 6.54 Å². The summed E-state index contributed by atoms with van der Waals surface area (Å²) in [5.41, 5.74) is -0.461. The summed E-state index contributed by atoms with van der Waals surface area (Å²) in [6.45, 7) is 1.58. The Morgan fingerprint density at radius 1 is 1.20 bits per heavy atom. The first kappa shape index (κ1) is 14.5. The first-order valence-electron chi connectivity index (χ1n) is 8.13. The number of rotatable bonds is 5. The maximum atomic E-state index is 10.5. The van der Waals surface area contributed by atoms with Crippen molar-refractivity contribution in [2.75, 3.05) is 6.54 Å². The fourth-order valence-electron chi connectivity index (χ4n) is 3.57. The molecule has 2 aliphatic carbocycles. The van der Waals surface area contributed by atoms with Crippen LogP contribution in [0.1, 0.15) is 73.6 Å². The molecule has 1 aromatic rings. The molecule has 2 fully saturated rings. The van der Waals surface area contributed by atoms with Crippen molar-refractivity contribution >= 4 is 11.3 Å². The Morgan fingerprint density at radius 2 is 1.95 bits per heavy atom. The van der Waals surface area contributed by atoms with E-state index in [1.165, 1.54) is 54.8 Å². The molecule has 2 N–H and O–H groups in total. The zero-order chi connectivity index (χ0) is 13.8. The van der Waals surface area contributed by atoms with Crippen LogP contribution in [0.5, 0.6) is 0 Å². The third kappa shape index (κ3) is 3.60. The molecule has 4 heteroatoms. The number of hydrogen-bond acceptors (Lipinski definition) is 4. The van der Waals surface area contributed by atoms with Crippen LogP contribution in [0.15, 0.2) is 6.20 Å². The van der Waals surface area contributed by atoms with Crippen molar-refractivity contribution in [1.29, 1.82) is 0 Å². The second-order valence-corrected chi connectivity index (χ2v) is 7.68. The Hall–Kier alpha value is -0.450. The van der Waals surface area contributed by atoms with E-state index in [9.17, 15) is 5.11 Å². The first-order chi connectivity index (χ1) is 9.75. The molecule has 0 bridgehead atoms. The lowest BCUT2D eigenvalue weighted by atomic mass is 9.85. The molecule has 3 rings (SSSR count). The molecule has 0 radical (unpaired) electrons. The number of nitrogens with zero attached hydrogens (tertiary/aromatic N) is 1. The highest BCUT2D eigenvalue weighted by molar-refractivity contribution is 7.11. The number of nitrogens with one attached hydrogen (secondary N) is 1. The predicted octanol–water partition coefficient (Wildman–Crippen LogP) is 3.59. The molecule has 20 heavy (non-hydrogen) atoms. The van der Waals surface area contributed by atoms with Crippen molar-refractivity contribution in [2.45, 2.75) is 75.9 Å². The molecule has 1 aromatic heterocycles. The summed E-state index contributed by atoms with van der Waals surface area (Å²) >= 11 is 1.86. The Balaban J connectivity index is 1.46. The highest BCUT2D eigenvalue weighted by Gasteiger charge is 2.28. The third-order valence-corrected chi connectivity index (χ3v) is 5.97. The standard InChI is InChI=1S/C16H26N2OS/c19-16(8-4-1-5-9-16)12-17-10-14-11-18-15(20-14)13-6-2-3-7-13/h11,13,17,19H,1-10,12H2. The van der Waals surface area contributed by atoms with E-state index < -0.39 is 5.60 Å². The van der Waals surface area contributed by atoms with Crippen molar-refractivity contribution in [3.8, 4) is 0 Å². The number of hydrogen-bond donors (Lipinski definition) is 2. The first-order valence-corrected chi connectivity index (χ1v) is 8.95. The van der Waals surface area contributed by atoms with Crippen LogP contribution < -0.4 is 5.32 Å². The minimum atomic E-state index is -0.461. The van der Waals surface area contributed by atoms with Gasteiger partial charge in [-0.25, -0.2) is 4.98 Å². The van der Waals surface area contributed by atoms with Crippen LogP contribution in [0.4, 0.5) is 0 Å². The molecule has 2 aliphatic rings. The lowest BCUT2D eigenvalue weighted by molar-refractivity contribution is 0.00472. The second kappa shape index (κ2) is 6.54. The summed E-state index contributed by atoms with van der Waals surface area (Å²) in [6.07, 6.45) is 12.9. The summed E-state index contributed by atoms with van der Waals surface area (Å²) in [5, 5.41) is 15.2. The largest absolute Gasteiger partial charge is 0.389 e. The molecule has 0 saturated heterocycles. The molecule has 0 spiro atoms. The van der Waals surface area contributed by atoms with E-state index in [2.05, 4.69) is 10.3 Å². The SMILES string of the molecule is OC1(CNCc2cnc(C3CCCC3)s2)CCCCC1. The normalized spacial score (nSPS) is 23.2. The molecular weight excluding hydrogens is 268 g/mol. The minimum absolute atomic E-state index is 0.461. The maximum Gasteiger partial charge on any atom is 0.0959 e. The van der Waals surface area contributed by atoms with Gasteiger partial charge < -0.3 is 10.4 Å². The predicted molar refractivity (Wildman–Crippen MR) is 83.1 cm³/mol. The zero-order valence-electron chi connectivity index (χ0n) is 12.2.